The van der Waals surface area contributed by atoms with Crippen molar-refractivity contribution in [1.82, 2.24) is 10.2 Å². The SMILES string of the molecule is COc1cccc([C@@H]2CN(C(=O)c3ccc(Cl)cc3)C[C@@H]2C(=O)NCc2ccc3c(c2)OCO3)c1. The molecule has 5 rings (SSSR count). The summed E-state index contributed by atoms with van der Waals surface area (Å²) < 4.78 is 16.2. The van der Waals surface area contributed by atoms with Gasteiger partial charge in [0, 0.05) is 36.1 Å². The van der Waals surface area contributed by atoms with Crippen LogP contribution in [0, 0.1) is 5.92 Å². The molecule has 2 aliphatic heterocycles. The van der Waals surface area contributed by atoms with Crippen LogP contribution in [-0.2, 0) is 11.3 Å². The molecule has 0 saturated carbocycles. The number of nitrogens with one attached hydrogen (secondary N) is 1. The largest absolute Gasteiger partial charge is 0.497 e. The number of carbonyl (C=O) groups excluding carboxylic acids is 2. The lowest BCUT2D eigenvalue weighted by Gasteiger charge is -2.19. The molecule has 2 heterocycles. The molecule has 0 bridgehead atoms. The van der Waals surface area contributed by atoms with Crippen LogP contribution in [0.2, 0.25) is 5.02 Å². The zero-order valence-corrected chi connectivity index (χ0v) is 20.0. The molecular weight excluding hydrogens is 468 g/mol. The van der Waals surface area contributed by atoms with E-state index in [1.165, 1.54) is 0 Å². The van der Waals surface area contributed by atoms with Crippen LogP contribution in [0.3, 0.4) is 0 Å². The fraction of sp³-hybridized carbons (Fsp3) is 0.259. The number of hydrogen-bond donors (Lipinski definition) is 1. The fourth-order valence-electron chi connectivity index (χ4n) is 4.59. The van der Waals surface area contributed by atoms with Crippen LogP contribution in [0.5, 0.6) is 17.2 Å². The van der Waals surface area contributed by atoms with Gasteiger partial charge in [0.05, 0.1) is 13.0 Å². The maximum Gasteiger partial charge on any atom is 0.253 e. The average molecular weight is 493 g/mol. The van der Waals surface area contributed by atoms with Crippen LogP contribution in [0.25, 0.3) is 0 Å². The summed E-state index contributed by atoms with van der Waals surface area (Å²) in [7, 11) is 1.61. The molecule has 0 radical (unpaired) electrons. The van der Waals surface area contributed by atoms with E-state index in [1.54, 1.807) is 36.3 Å². The highest BCUT2D eigenvalue weighted by Gasteiger charge is 2.40. The van der Waals surface area contributed by atoms with Gasteiger partial charge in [-0.1, -0.05) is 29.8 Å². The smallest absolute Gasteiger partial charge is 0.253 e. The molecule has 2 amide bonds. The number of ether oxygens (including phenoxy) is 3. The molecule has 2 atom stereocenters. The summed E-state index contributed by atoms with van der Waals surface area (Å²) >= 11 is 5.98. The van der Waals surface area contributed by atoms with Gasteiger partial charge in [-0.05, 0) is 59.7 Å². The highest BCUT2D eigenvalue weighted by Crippen LogP contribution is 2.36. The summed E-state index contributed by atoms with van der Waals surface area (Å²) in [5.41, 5.74) is 2.41. The molecule has 0 unspecified atom stereocenters. The lowest BCUT2D eigenvalue weighted by atomic mass is 9.88. The van der Waals surface area contributed by atoms with E-state index in [1.807, 2.05) is 42.5 Å². The Hall–Kier alpha value is -3.71. The van der Waals surface area contributed by atoms with E-state index in [9.17, 15) is 9.59 Å². The maximum absolute atomic E-state index is 13.4. The second-order valence-electron chi connectivity index (χ2n) is 8.61. The van der Waals surface area contributed by atoms with Crippen molar-refractivity contribution in [3.8, 4) is 17.2 Å². The van der Waals surface area contributed by atoms with Crippen LogP contribution >= 0.6 is 11.6 Å². The Labute approximate surface area is 208 Å². The Kier molecular flexibility index (Phi) is 6.51. The fourth-order valence-corrected chi connectivity index (χ4v) is 4.72. The molecule has 180 valence electrons. The minimum atomic E-state index is -0.410. The predicted molar refractivity (Wildman–Crippen MR) is 131 cm³/mol. The first-order chi connectivity index (χ1) is 17.0. The van der Waals surface area contributed by atoms with Crippen LogP contribution in [0.1, 0.15) is 27.4 Å². The van der Waals surface area contributed by atoms with E-state index >= 15 is 0 Å². The summed E-state index contributed by atoms with van der Waals surface area (Å²) in [4.78, 5) is 28.3. The van der Waals surface area contributed by atoms with Crippen LogP contribution < -0.4 is 19.5 Å². The molecule has 2 aliphatic rings. The van der Waals surface area contributed by atoms with Gasteiger partial charge in [-0.3, -0.25) is 9.59 Å². The number of rotatable bonds is 6. The zero-order valence-electron chi connectivity index (χ0n) is 19.2. The first-order valence-corrected chi connectivity index (χ1v) is 11.7. The van der Waals surface area contributed by atoms with Gasteiger partial charge in [0.1, 0.15) is 5.75 Å². The van der Waals surface area contributed by atoms with E-state index in [-0.39, 0.29) is 24.5 Å². The molecule has 8 heteroatoms. The average Bonchev–Trinajstić information content (AvgIpc) is 3.54. The maximum atomic E-state index is 13.4. The van der Waals surface area contributed by atoms with Crippen molar-refractivity contribution >= 4 is 23.4 Å². The standard InChI is InChI=1S/C27H25ClN2O5/c1-33-21-4-2-3-19(12-21)22-14-30(27(32)18-6-8-20(28)9-7-18)15-23(22)26(31)29-13-17-5-10-24-25(11-17)35-16-34-24/h2-12,22-23H,13-16H2,1H3,(H,29,31)/t22-,23-/m0/s1. The Bertz CT molecular complexity index is 1250. The molecular formula is C27H25ClN2O5. The molecule has 3 aromatic carbocycles. The molecule has 7 nitrogen and oxygen atoms in total. The number of likely N-dealkylation sites (tertiary alicyclic amines) is 1. The third kappa shape index (κ3) is 4.91. The third-order valence-electron chi connectivity index (χ3n) is 6.46. The molecule has 0 aromatic heterocycles. The Morgan fingerprint density at radius 1 is 1.03 bits per heavy atom. The monoisotopic (exact) mass is 492 g/mol. The summed E-state index contributed by atoms with van der Waals surface area (Å²) in [5.74, 6) is 1.27. The van der Waals surface area contributed by atoms with Crippen molar-refractivity contribution in [1.29, 1.82) is 0 Å². The lowest BCUT2D eigenvalue weighted by Crippen LogP contribution is -2.35. The number of hydrogen-bond acceptors (Lipinski definition) is 5. The van der Waals surface area contributed by atoms with Gasteiger partial charge in [-0.25, -0.2) is 0 Å². The van der Waals surface area contributed by atoms with Crippen LogP contribution in [-0.4, -0.2) is 43.7 Å². The Balaban J connectivity index is 1.35. The van der Waals surface area contributed by atoms with Crippen molar-refractivity contribution in [3.63, 3.8) is 0 Å². The highest BCUT2D eigenvalue weighted by atomic mass is 35.5. The van der Waals surface area contributed by atoms with E-state index in [4.69, 9.17) is 25.8 Å². The summed E-state index contributed by atoms with van der Waals surface area (Å²) in [5, 5.41) is 3.61. The van der Waals surface area contributed by atoms with Gasteiger partial charge in [-0.2, -0.15) is 0 Å². The summed E-state index contributed by atoms with van der Waals surface area (Å²) in [6.45, 7) is 1.29. The predicted octanol–water partition coefficient (Wildman–Crippen LogP) is 4.25. The number of benzene rings is 3. The van der Waals surface area contributed by atoms with Gasteiger partial charge in [0.15, 0.2) is 11.5 Å². The van der Waals surface area contributed by atoms with E-state index in [0.29, 0.717) is 47.5 Å². The van der Waals surface area contributed by atoms with Crippen molar-refractivity contribution in [2.24, 2.45) is 5.92 Å². The van der Waals surface area contributed by atoms with Gasteiger partial charge in [0.25, 0.3) is 5.91 Å². The number of amides is 2. The molecule has 0 aliphatic carbocycles. The van der Waals surface area contributed by atoms with E-state index in [0.717, 1.165) is 11.1 Å². The van der Waals surface area contributed by atoms with Gasteiger partial charge >= 0.3 is 0 Å². The molecule has 35 heavy (non-hydrogen) atoms. The minimum absolute atomic E-state index is 0.109. The first-order valence-electron chi connectivity index (χ1n) is 11.4. The topological polar surface area (TPSA) is 77.1 Å². The second-order valence-corrected chi connectivity index (χ2v) is 9.05. The number of halogens is 1. The number of nitrogens with zero attached hydrogens (tertiary/aromatic N) is 1. The third-order valence-corrected chi connectivity index (χ3v) is 6.71. The van der Waals surface area contributed by atoms with Crippen LogP contribution in [0.4, 0.5) is 0 Å². The zero-order chi connectivity index (χ0) is 24.4. The summed E-state index contributed by atoms with van der Waals surface area (Å²) in [6.07, 6.45) is 0. The van der Waals surface area contributed by atoms with Gasteiger partial charge in [0.2, 0.25) is 12.7 Å². The number of methoxy groups -OCH3 is 1. The van der Waals surface area contributed by atoms with Gasteiger partial charge in [-0.15, -0.1) is 0 Å². The first kappa shape index (κ1) is 23.1. The molecule has 1 saturated heterocycles. The van der Waals surface area contributed by atoms with Crippen molar-refractivity contribution in [2.45, 2.75) is 12.5 Å². The van der Waals surface area contributed by atoms with Crippen molar-refractivity contribution in [3.05, 3.63) is 88.4 Å². The normalized spacial score (nSPS) is 18.4. The van der Waals surface area contributed by atoms with Crippen molar-refractivity contribution < 1.29 is 23.8 Å². The van der Waals surface area contributed by atoms with Gasteiger partial charge < -0.3 is 24.4 Å². The summed E-state index contributed by atoms with van der Waals surface area (Å²) in [6, 6.07) is 20.1. The number of carbonyl (C=O) groups is 2. The quantitative estimate of drug-likeness (QED) is 0.556. The second kappa shape index (κ2) is 9.88. The molecule has 3 aromatic rings. The Morgan fingerprint density at radius 3 is 2.63 bits per heavy atom. The molecule has 1 N–H and O–H groups in total. The number of fused-ring (bicyclic) bond motifs is 1. The van der Waals surface area contributed by atoms with E-state index < -0.39 is 5.92 Å². The molecule has 0 spiro atoms. The molecule has 1 fully saturated rings. The Morgan fingerprint density at radius 2 is 1.83 bits per heavy atom. The minimum Gasteiger partial charge on any atom is -0.497 e. The van der Waals surface area contributed by atoms with Crippen LogP contribution in [0.15, 0.2) is 66.7 Å². The van der Waals surface area contributed by atoms with Crippen molar-refractivity contribution in [2.75, 3.05) is 27.0 Å². The highest BCUT2D eigenvalue weighted by molar-refractivity contribution is 6.30. The lowest BCUT2D eigenvalue weighted by molar-refractivity contribution is -0.125. The van der Waals surface area contributed by atoms with E-state index in [2.05, 4.69) is 5.32 Å².